The molecule has 3 aromatic rings. The molecule has 6 rings (SSSR count). The molecule has 2 saturated heterocycles. The van der Waals surface area contributed by atoms with Crippen molar-refractivity contribution in [2.24, 2.45) is 5.41 Å². The van der Waals surface area contributed by atoms with Gasteiger partial charge in [0.2, 0.25) is 17.6 Å². The molecule has 4 atom stereocenters. The molecular weight excluding hydrogens is 891 g/mol. The first-order chi connectivity index (χ1) is 33.1. The maximum absolute atomic E-state index is 13.5. The van der Waals surface area contributed by atoms with Crippen molar-refractivity contribution < 1.29 is 62.0 Å². The third kappa shape index (κ3) is 12.6. The van der Waals surface area contributed by atoms with Gasteiger partial charge in [-0.05, 0) is 106 Å². The minimum Gasteiger partial charge on any atom is -0.493 e. The van der Waals surface area contributed by atoms with E-state index >= 15 is 0 Å². The summed E-state index contributed by atoms with van der Waals surface area (Å²) in [4.78, 5) is 105. The fraction of sp³-hybridized carbons (Fsp3) is 0.490. The van der Waals surface area contributed by atoms with E-state index < -0.39 is 71.5 Å². The van der Waals surface area contributed by atoms with Crippen LogP contribution in [0.4, 0.5) is 0 Å². The number of rotatable bonds is 24. The van der Waals surface area contributed by atoms with E-state index in [1.54, 1.807) is 39.0 Å². The fourth-order valence-electron chi connectivity index (χ4n) is 8.62. The SMILES string of the molecule is CCC(C)(C)C(=O)C(=O)N1CCC[C@H]1C(C)O[C@H](CCc1ccc(OC)c(OC)c1)c1cccc(OCC(=O)NCCCCNC(=O)COc2cccc3c2C(=O)N(C2CCC(=O)NC2=O)C3=O)c1. The summed E-state index contributed by atoms with van der Waals surface area (Å²) in [6.07, 6.45) is 3.45. The number of benzene rings is 3. The molecule has 2 unspecified atom stereocenters. The second-order valence-electron chi connectivity index (χ2n) is 18.0. The molecule has 2 fully saturated rings. The maximum Gasteiger partial charge on any atom is 0.290 e. The van der Waals surface area contributed by atoms with Gasteiger partial charge in [0.1, 0.15) is 17.5 Å². The normalized spacial score (nSPS) is 17.7. The van der Waals surface area contributed by atoms with E-state index in [4.69, 9.17) is 23.7 Å². The number of ketones is 1. The summed E-state index contributed by atoms with van der Waals surface area (Å²) in [5, 5.41) is 7.72. The first-order valence-electron chi connectivity index (χ1n) is 23.5. The number of fused-ring (bicyclic) bond motifs is 1. The van der Waals surface area contributed by atoms with Gasteiger partial charge in [-0.15, -0.1) is 0 Å². The highest BCUT2D eigenvalue weighted by Crippen LogP contribution is 2.36. The smallest absolute Gasteiger partial charge is 0.290 e. The third-order valence-electron chi connectivity index (χ3n) is 13.0. The second-order valence-corrected chi connectivity index (χ2v) is 18.0. The minimum absolute atomic E-state index is 0.00978. The van der Waals surface area contributed by atoms with Crippen molar-refractivity contribution in [1.82, 2.24) is 25.8 Å². The molecule has 3 N–H and O–H groups in total. The van der Waals surface area contributed by atoms with E-state index in [2.05, 4.69) is 16.0 Å². The molecule has 0 bridgehead atoms. The predicted molar refractivity (Wildman–Crippen MR) is 251 cm³/mol. The van der Waals surface area contributed by atoms with Crippen LogP contribution in [0.15, 0.2) is 60.7 Å². The van der Waals surface area contributed by atoms with E-state index in [0.29, 0.717) is 68.9 Å². The number of Topliss-reactive ketones (excluding diaryl/α,β-unsaturated/α-hetero) is 1. The zero-order valence-electron chi connectivity index (χ0n) is 40.2. The Morgan fingerprint density at radius 1 is 0.826 bits per heavy atom. The summed E-state index contributed by atoms with van der Waals surface area (Å²) >= 11 is 0. The summed E-state index contributed by atoms with van der Waals surface area (Å²) < 4.78 is 29.3. The number of nitrogens with one attached hydrogen (secondary N) is 3. The van der Waals surface area contributed by atoms with Gasteiger partial charge in [0.15, 0.2) is 24.7 Å². The lowest BCUT2D eigenvalue weighted by Gasteiger charge is -2.33. The molecule has 3 aromatic carbocycles. The highest BCUT2D eigenvalue weighted by Gasteiger charge is 2.46. The lowest BCUT2D eigenvalue weighted by molar-refractivity contribution is -0.152. The van der Waals surface area contributed by atoms with Crippen LogP contribution in [-0.2, 0) is 39.9 Å². The van der Waals surface area contributed by atoms with Gasteiger partial charge in [0.25, 0.3) is 29.5 Å². The Morgan fingerprint density at radius 2 is 1.52 bits per heavy atom. The van der Waals surface area contributed by atoms with E-state index in [1.807, 2.05) is 50.2 Å². The van der Waals surface area contributed by atoms with E-state index in [-0.39, 0.29) is 54.8 Å². The van der Waals surface area contributed by atoms with Crippen LogP contribution in [0.2, 0.25) is 0 Å². The van der Waals surface area contributed by atoms with E-state index in [0.717, 1.165) is 22.4 Å². The van der Waals surface area contributed by atoms with Crippen molar-refractivity contribution in [2.75, 3.05) is 47.1 Å². The number of nitrogens with zero attached hydrogens (tertiary/aromatic N) is 2. The molecule has 0 saturated carbocycles. The first kappa shape index (κ1) is 51.6. The molecule has 0 aromatic heterocycles. The summed E-state index contributed by atoms with van der Waals surface area (Å²) in [6, 6.07) is 16.1. The number of carbonyl (C=O) groups is 8. The van der Waals surface area contributed by atoms with Crippen LogP contribution in [0.25, 0.3) is 0 Å². The molecule has 0 aliphatic carbocycles. The number of aryl methyl sites for hydroxylation is 1. The first-order valence-corrected chi connectivity index (χ1v) is 23.5. The minimum atomic E-state index is -1.13. The molecule has 3 heterocycles. The van der Waals surface area contributed by atoms with Gasteiger partial charge in [0.05, 0.1) is 43.6 Å². The molecule has 3 aliphatic heterocycles. The Kier molecular flexibility index (Phi) is 17.5. The Labute approximate surface area is 402 Å². The number of hydrogen-bond donors (Lipinski definition) is 3. The topological polar surface area (TPSA) is 225 Å². The molecule has 3 aliphatic rings. The van der Waals surface area contributed by atoms with Crippen molar-refractivity contribution in [1.29, 1.82) is 0 Å². The zero-order valence-corrected chi connectivity index (χ0v) is 40.2. The van der Waals surface area contributed by atoms with Crippen LogP contribution in [0.5, 0.6) is 23.0 Å². The van der Waals surface area contributed by atoms with Crippen molar-refractivity contribution in [3.8, 4) is 23.0 Å². The largest absolute Gasteiger partial charge is 0.493 e. The predicted octanol–water partition coefficient (Wildman–Crippen LogP) is 4.65. The average molecular weight is 954 g/mol. The quantitative estimate of drug-likeness (QED) is 0.0633. The molecule has 18 nitrogen and oxygen atoms in total. The average Bonchev–Trinajstić information content (AvgIpc) is 3.94. The summed E-state index contributed by atoms with van der Waals surface area (Å²) in [7, 11) is 3.17. The zero-order chi connectivity index (χ0) is 49.8. The van der Waals surface area contributed by atoms with Gasteiger partial charge < -0.3 is 39.2 Å². The number of imide groups is 2. The van der Waals surface area contributed by atoms with Gasteiger partial charge in [-0.2, -0.15) is 0 Å². The van der Waals surface area contributed by atoms with Crippen molar-refractivity contribution >= 4 is 47.1 Å². The van der Waals surface area contributed by atoms with Crippen LogP contribution in [0.3, 0.4) is 0 Å². The molecule has 0 radical (unpaired) electrons. The van der Waals surface area contributed by atoms with Crippen LogP contribution >= 0.6 is 0 Å². The highest BCUT2D eigenvalue weighted by atomic mass is 16.5. The summed E-state index contributed by atoms with van der Waals surface area (Å²) in [5.41, 5.74) is 1.06. The Morgan fingerprint density at radius 3 is 2.20 bits per heavy atom. The van der Waals surface area contributed by atoms with Crippen LogP contribution in [0.1, 0.15) is 117 Å². The molecule has 7 amide bonds. The number of ether oxygens (including phenoxy) is 5. The van der Waals surface area contributed by atoms with Gasteiger partial charge in [0, 0.05) is 31.5 Å². The fourth-order valence-corrected chi connectivity index (χ4v) is 8.62. The Bertz CT molecular complexity index is 2420. The molecule has 0 spiro atoms. The molecule has 370 valence electrons. The summed E-state index contributed by atoms with van der Waals surface area (Å²) in [5.74, 6) is -2.57. The lowest BCUT2D eigenvalue weighted by Crippen LogP contribution is -2.54. The van der Waals surface area contributed by atoms with Crippen LogP contribution in [-0.4, -0.2) is 122 Å². The van der Waals surface area contributed by atoms with Crippen LogP contribution in [0, 0.1) is 5.41 Å². The monoisotopic (exact) mass is 953 g/mol. The van der Waals surface area contributed by atoms with E-state index in [1.165, 1.54) is 18.2 Å². The Hall–Kier alpha value is -6.82. The van der Waals surface area contributed by atoms with E-state index in [9.17, 15) is 38.4 Å². The number of piperidine rings is 1. The number of amides is 7. The number of hydrogen-bond acceptors (Lipinski definition) is 13. The number of methoxy groups -OCH3 is 2. The highest BCUT2D eigenvalue weighted by molar-refractivity contribution is 6.38. The molecular formula is C51H63N5O13. The van der Waals surface area contributed by atoms with Gasteiger partial charge >= 0.3 is 0 Å². The van der Waals surface area contributed by atoms with Crippen molar-refractivity contribution in [3.63, 3.8) is 0 Å². The molecule has 69 heavy (non-hydrogen) atoms. The maximum atomic E-state index is 13.5. The second kappa shape index (κ2) is 23.5. The summed E-state index contributed by atoms with van der Waals surface area (Å²) in [6.45, 7) is 7.86. The number of unbranched alkanes of at least 4 members (excludes halogenated alkanes) is 1. The standard InChI is InChI=1S/C51H63N5O13/c1-7-51(3,4)46(60)50(64)55-26-12-16-36(55)31(2)69-38(21-18-32-19-22-39(65-5)41(27-32)66-6)33-13-10-14-34(28-33)67-29-43(58)52-24-8-9-25-53-44(59)30-68-40-17-11-15-35-45(40)49(63)56(48(35)62)37-20-23-42(57)54-47(37)61/h10-11,13-15,17,19,22,27-28,31,36-38H,7-9,12,16,18,20-21,23-26,29-30H2,1-6H3,(H,52,58)(H,53,59)(H,54,57,61)/t31?,36-,37?,38+/m0/s1. The van der Waals surface area contributed by atoms with Crippen molar-refractivity contribution in [2.45, 2.75) is 110 Å². The number of carbonyl (C=O) groups excluding carboxylic acids is 8. The number of likely N-dealkylation sites (tertiary alicyclic amines) is 1. The molecule has 18 heteroatoms. The van der Waals surface area contributed by atoms with Gasteiger partial charge in [-0.3, -0.25) is 48.6 Å². The van der Waals surface area contributed by atoms with Crippen molar-refractivity contribution in [3.05, 3.63) is 82.9 Å². The lowest BCUT2D eigenvalue weighted by atomic mass is 9.84. The van der Waals surface area contributed by atoms with Gasteiger partial charge in [-0.1, -0.05) is 45.0 Å². The Balaban J connectivity index is 0.969. The third-order valence-corrected chi connectivity index (χ3v) is 13.0. The van der Waals surface area contributed by atoms with Gasteiger partial charge in [-0.25, -0.2) is 0 Å². The van der Waals surface area contributed by atoms with Crippen LogP contribution < -0.4 is 34.9 Å².